The van der Waals surface area contributed by atoms with Crippen molar-refractivity contribution < 1.29 is 29.3 Å². The first kappa shape index (κ1) is 23.7. The molecule has 4 atom stereocenters. The first-order chi connectivity index (χ1) is 12.7. The van der Waals surface area contributed by atoms with Crippen molar-refractivity contribution in [1.82, 2.24) is 5.32 Å². The molecule has 0 aromatic heterocycles. The molecule has 1 heterocycles. The highest BCUT2D eigenvalue weighted by molar-refractivity contribution is 8.13. The zero-order valence-corrected chi connectivity index (χ0v) is 17.1. The molecule has 0 unspecified atom stereocenters. The van der Waals surface area contributed by atoms with Crippen molar-refractivity contribution >= 4 is 28.8 Å². The normalized spacial score (nSPS) is 28.5. The van der Waals surface area contributed by atoms with E-state index in [-0.39, 0.29) is 18.6 Å². The van der Waals surface area contributed by atoms with E-state index in [4.69, 9.17) is 0 Å². The average molecular weight is 402 g/mol. The van der Waals surface area contributed by atoms with Crippen molar-refractivity contribution in [3.05, 3.63) is 12.7 Å². The number of unbranched alkanes of at least 4 members (excludes halogenated alkanes) is 2. The summed E-state index contributed by atoms with van der Waals surface area (Å²) in [6.45, 7) is 6.82. The fourth-order valence-electron chi connectivity index (χ4n) is 3.62. The summed E-state index contributed by atoms with van der Waals surface area (Å²) >= 11 is 0.814. The van der Waals surface area contributed by atoms with Gasteiger partial charge in [0.05, 0.1) is 25.6 Å². The maximum absolute atomic E-state index is 13.1. The minimum Gasteiger partial charge on any atom is -0.469 e. The molecule has 1 fully saturated rings. The molecule has 1 aliphatic heterocycles. The highest BCUT2D eigenvalue weighted by atomic mass is 32.2. The van der Waals surface area contributed by atoms with Gasteiger partial charge in [-0.2, -0.15) is 0 Å². The fraction of sp³-hybridized carbons (Fsp3) is 0.737. The second kappa shape index (κ2) is 10.2. The van der Waals surface area contributed by atoms with Crippen LogP contribution in [0.2, 0.25) is 0 Å². The van der Waals surface area contributed by atoms with Crippen LogP contribution in [0.5, 0.6) is 0 Å². The van der Waals surface area contributed by atoms with Gasteiger partial charge in [-0.3, -0.25) is 14.4 Å². The van der Waals surface area contributed by atoms with E-state index < -0.39 is 40.2 Å². The van der Waals surface area contributed by atoms with Gasteiger partial charge in [-0.15, -0.1) is 6.58 Å². The third kappa shape index (κ3) is 4.92. The third-order valence-electron chi connectivity index (χ3n) is 5.25. The molecule has 0 bridgehead atoms. The molecule has 3 N–H and O–H groups in total. The molecule has 0 aliphatic carbocycles. The summed E-state index contributed by atoms with van der Waals surface area (Å²) in [7, 11) is 1.26. The number of aliphatic hydroxyl groups is 2. The molecule has 8 heteroatoms. The molecule has 0 aromatic carbocycles. The summed E-state index contributed by atoms with van der Waals surface area (Å²) in [5.41, 5.74) is -3.55. The topological polar surface area (TPSA) is 113 Å². The van der Waals surface area contributed by atoms with Crippen LogP contribution < -0.4 is 5.32 Å². The van der Waals surface area contributed by atoms with Crippen molar-refractivity contribution in [2.24, 2.45) is 5.92 Å². The van der Waals surface area contributed by atoms with Gasteiger partial charge in [-0.05, 0) is 32.6 Å². The number of aliphatic hydroxyl groups excluding tert-OH is 1. The van der Waals surface area contributed by atoms with E-state index >= 15 is 0 Å². The number of hydrogen-bond acceptors (Lipinski definition) is 7. The largest absolute Gasteiger partial charge is 0.469 e. The van der Waals surface area contributed by atoms with Gasteiger partial charge >= 0.3 is 5.97 Å². The van der Waals surface area contributed by atoms with Crippen LogP contribution in [0, 0.1) is 5.92 Å². The van der Waals surface area contributed by atoms with Gasteiger partial charge in [-0.25, -0.2) is 0 Å². The molecule has 7 nitrogen and oxygen atoms in total. The number of rotatable bonds is 11. The van der Waals surface area contributed by atoms with Gasteiger partial charge in [0, 0.05) is 5.75 Å². The maximum atomic E-state index is 13.1. The Labute approximate surface area is 164 Å². The van der Waals surface area contributed by atoms with Crippen LogP contribution in [0.3, 0.4) is 0 Å². The minimum atomic E-state index is -1.81. The van der Waals surface area contributed by atoms with Crippen LogP contribution in [-0.4, -0.2) is 57.3 Å². The van der Waals surface area contributed by atoms with Gasteiger partial charge in [0.25, 0.3) is 0 Å². The number of allylic oxidation sites excluding steroid dienone is 1. The Morgan fingerprint density at radius 3 is 2.63 bits per heavy atom. The summed E-state index contributed by atoms with van der Waals surface area (Å²) in [5.74, 6) is -1.57. The number of thioether (sulfide) groups is 1. The number of carbonyl (C=O) groups excluding carboxylic acids is 3. The number of nitrogens with one attached hydrogen (secondary N) is 1. The second-order valence-electron chi connectivity index (χ2n) is 6.96. The molecule has 0 spiro atoms. The fourth-order valence-corrected chi connectivity index (χ4v) is 4.70. The summed E-state index contributed by atoms with van der Waals surface area (Å²) in [6, 6.07) is 0. The quantitative estimate of drug-likeness (QED) is 0.274. The Hall–Kier alpha value is -1.38. The number of methoxy groups -OCH3 is 1. The van der Waals surface area contributed by atoms with Crippen molar-refractivity contribution in [1.29, 1.82) is 0 Å². The molecular formula is C19H31NO6S. The van der Waals surface area contributed by atoms with E-state index in [0.717, 1.165) is 24.6 Å². The molecule has 1 saturated heterocycles. The number of esters is 1. The summed E-state index contributed by atoms with van der Waals surface area (Å²) in [6.07, 6.45) is 3.33. The second-order valence-corrected chi connectivity index (χ2v) is 8.02. The van der Waals surface area contributed by atoms with E-state index in [2.05, 4.69) is 16.6 Å². The molecule has 0 radical (unpaired) electrons. The predicted octanol–water partition coefficient (Wildman–Crippen LogP) is 1.56. The molecule has 1 rings (SSSR count). The lowest BCUT2D eigenvalue weighted by molar-refractivity contribution is -0.140. The van der Waals surface area contributed by atoms with Crippen LogP contribution in [0.4, 0.5) is 0 Å². The Bertz CT molecular complexity index is 564. The van der Waals surface area contributed by atoms with Crippen LogP contribution >= 0.6 is 11.8 Å². The molecular weight excluding hydrogens is 370 g/mol. The van der Waals surface area contributed by atoms with Crippen molar-refractivity contribution in [2.75, 3.05) is 12.9 Å². The SMILES string of the molecule is C=CCCCC[C@H](O)[C@@]1(C(=O)SCCC(=O)OC)NC(=O)[C@H](CC)[C@]1(C)O. The van der Waals surface area contributed by atoms with Gasteiger partial charge in [-0.1, -0.05) is 31.2 Å². The highest BCUT2D eigenvalue weighted by Gasteiger charge is 2.67. The smallest absolute Gasteiger partial charge is 0.306 e. The van der Waals surface area contributed by atoms with E-state index in [1.165, 1.54) is 14.0 Å². The molecule has 0 aromatic rings. The number of hydrogen-bond donors (Lipinski definition) is 3. The predicted molar refractivity (Wildman–Crippen MR) is 104 cm³/mol. The van der Waals surface area contributed by atoms with Crippen LogP contribution in [-0.2, 0) is 19.1 Å². The Morgan fingerprint density at radius 2 is 2.11 bits per heavy atom. The zero-order valence-electron chi connectivity index (χ0n) is 16.3. The van der Waals surface area contributed by atoms with Crippen LogP contribution in [0.15, 0.2) is 12.7 Å². The first-order valence-electron chi connectivity index (χ1n) is 9.26. The standard InChI is InChI=1S/C19H31NO6S/c1-5-7-8-9-10-14(21)19(17(24)27-12-11-15(22)26-4)18(3,25)13(6-2)16(23)20-19/h5,13-14,21,25H,1,6-12H2,2-4H3,(H,20,23)/t13-,14-,18-,19-/m0/s1. The van der Waals surface area contributed by atoms with Crippen molar-refractivity contribution in [2.45, 2.75) is 69.6 Å². The van der Waals surface area contributed by atoms with Crippen molar-refractivity contribution in [3.63, 3.8) is 0 Å². The lowest BCUT2D eigenvalue weighted by Gasteiger charge is -2.42. The Kier molecular flexibility index (Phi) is 8.98. The van der Waals surface area contributed by atoms with Crippen LogP contribution in [0.25, 0.3) is 0 Å². The molecule has 27 heavy (non-hydrogen) atoms. The monoisotopic (exact) mass is 401 g/mol. The maximum Gasteiger partial charge on any atom is 0.306 e. The average Bonchev–Trinajstić information content (AvgIpc) is 2.83. The van der Waals surface area contributed by atoms with E-state index in [9.17, 15) is 24.6 Å². The van der Waals surface area contributed by atoms with E-state index in [0.29, 0.717) is 12.8 Å². The Balaban J connectivity index is 3.05. The lowest BCUT2D eigenvalue weighted by atomic mass is 9.72. The van der Waals surface area contributed by atoms with E-state index in [1.54, 1.807) is 13.0 Å². The number of amides is 1. The van der Waals surface area contributed by atoms with Gasteiger partial charge < -0.3 is 20.3 Å². The van der Waals surface area contributed by atoms with Crippen molar-refractivity contribution in [3.8, 4) is 0 Å². The zero-order chi connectivity index (χ0) is 20.7. The van der Waals surface area contributed by atoms with Gasteiger partial charge in [0.15, 0.2) is 5.54 Å². The molecule has 0 saturated carbocycles. The van der Waals surface area contributed by atoms with Crippen LogP contribution in [0.1, 0.15) is 52.4 Å². The Morgan fingerprint density at radius 1 is 1.44 bits per heavy atom. The number of ether oxygens (including phenoxy) is 1. The third-order valence-corrected chi connectivity index (χ3v) is 6.24. The minimum absolute atomic E-state index is 0.0196. The summed E-state index contributed by atoms with van der Waals surface area (Å²) in [4.78, 5) is 36.8. The number of carbonyl (C=O) groups is 3. The molecule has 1 aliphatic rings. The van der Waals surface area contributed by atoms with Gasteiger partial charge in [0.2, 0.25) is 11.0 Å². The van der Waals surface area contributed by atoms with Gasteiger partial charge in [0.1, 0.15) is 5.60 Å². The first-order valence-corrected chi connectivity index (χ1v) is 10.2. The molecule has 154 valence electrons. The van der Waals surface area contributed by atoms with E-state index in [1.807, 2.05) is 0 Å². The summed E-state index contributed by atoms with van der Waals surface area (Å²) < 4.78 is 4.56. The lowest BCUT2D eigenvalue weighted by Crippen LogP contribution is -2.68. The summed E-state index contributed by atoms with van der Waals surface area (Å²) in [5, 5.41) is 24.1. The highest BCUT2D eigenvalue weighted by Crippen LogP contribution is 2.44. The molecule has 1 amide bonds.